The molecule has 0 aliphatic carbocycles. The lowest BCUT2D eigenvalue weighted by Crippen LogP contribution is -2.27. The van der Waals surface area contributed by atoms with Gasteiger partial charge in [-0.15, -0.1) is 11.8 Å². The van der Waals surface area contributed by atoms with Crippen molar-refractivity contribution in [3.8, 4) is 0 Å². The summed E-state index contributed by atoms with van der Waals surface area (Å²) in [5, 5.41) is 8.56. The van der Waals surface area contributed by atoms with E-state index in [1.165, 1.54) is 11.8 Å². The molecule has 0 aliphatic rings. The first-order valence-electron chi connectivity index (χ1n) is 4.69. The summed E-state index contributed by atoms with van der Waals surface area (Å²) in [6.07, 6.45) is 1.59. The zero-order chi connectivity index (χ0) is 11.1. The van der Waals surface area contributed by atoms with Crippen molar-refractivity contribution >= 4 is 17.7 Å². The largest absolute Gasteiger partial charge is 0.467 e. The SMILES string of the molecule is CN(Cc1ccco1)C(=O)CSCCO. The maximum atomic E-state index is 11.5. The number of thioether (sulfide) groups is 1. The van der Waals surface area contributed by atoms with Gasteiger partial charge in [-0.3, -0.25) is 4.79 Å². The monoisotopic (exact) mass is 229 g/mol. The summed E-state index contributed by atoms with van der Waals surface area (Å²) in [6.45, 7) is 0.603. The number of aliphatic hydroxyl groups excluding tert-OH is 1. The van der Waals surface area contributed by atoms with E-state index in [0.29, 0.717) is 18.1 Å². The van der Waals surface area contributed by atoms with E-state index >= 15 is 0 Å². The molecule has 0 spiro atoms. The molecule has 1 amide bonds. The van der Waals surface area contributed by atoms with Crippen molar-refractivity contribution < 1.29 is 14.3 Å². The molecule has 0 aromatic carbocycles. The van der Waals surface area contributed by atoms with Crippen molar-refractivity contribution in [2.75, 3.05) is 25.2 Å². The second kappa shape index (κ2) is 6.53. The van der Waals surface area contributed by atoms with Gasteiger partial charge in [-0.05, 0) is 12.1 Å². The summed E-state index contributed by atoms with van der Waals surface area (Å²) >= 11 is 1.43. The van der Waals surface area contributed by atoms with Gasteiger partial charge in [0.15, 0.2) is 0 Å². The molecule has 1 N–H and O–H groups in total. The molecule has 1 heterocycles. The number of carbonyl (C=O) groups is 1. The second-order valence-electron chi connectivity index (χ2n) is 3.11. The zero-order valence-corrected chi connectivity index (χ0v) is 9.50. The first-order valence-corrected chi connectivity index (χ1v) is 5.84. The van der Waals surface area contributed by atoms with Gasteiger partial charge in [0.1, 0.15) is 5.76 Å². The molecule has 84 valence electrons. The van der Waals surface area contributed by atoms with Crippen molar-refractivity contribution in [3.63, 3.8) is 0 Å². The number of nitrogens with zero attached hydrogens (tertiary/aromatic N) is 1. The average Bonchev–Trinajstić information content (AvgIpc) is 2.70. The molecule has 5 heteroatoms. The van der Waals surface area contributed by atoms with Crippen LogP contribution in [0.25, 0.3) is 0 Å². The Kier molecular flexibility index (Phi) is 5.28. The molecule has 0 saturated carbocycles. The lowest BCUT2D eigenvalue weighted by molar-refractivity contribution is -0.127. The average molecular weight is 229 g/mol. The van der Waals surface area contributed by atoms with Crippen LogP contribution in [-0.2, 0) is 11.3 Å². The fraction of sp³-hybridized carbons (Fsp3) is 0.500. The summed E-state index contributed by atoms with van der Waals surface area (Å²) in [4.78, 5) is 13.1. The van der Waals surface area contributed by atoms with Crippen LogP contribution in [-0.4, -0.2) is 41.1 Å². The van der Waals surface area contributed by atoms with Crippen molar-refractivity contribution in [3.05, 3.63) is 24.2 Å². The van der Waals surface area contributed by atoms with E-state index in [2.05, 4.69) is 0 Å². The molecule has 0 saturated heterocycles. The van der Waals surface area contributed by atoms with Crippen molar-refractivity contribution in [1.82, 2.24) is 4.90 Å². The van der Waals surface area contributed by atoms with Gasteiger partial charge >= 0.3 is 0 Å². The first kappa shape index (κ1) is 12.1. The number of furan rings is 1. The first-order chi connectivity index (χ1) is 7.24. The minimum Gasteiger partial charge on any atom is -0.467 e. The summed E-state index contributed by atoms with van der Waals surface area (Å²) in [7, 11) is 1.74. The van der Waals surface area contributed by atoms with Crippen LogP contribution < -0.4 is 0 Å². The number of aliphatic hydroxyl groups is 1. The van der Waals surface area contributed by atoms with E-state index in [-0.39, 0.29) is 12.5 Å². The zero-order valence-electron chi connectivity index (χ0n) is 8.68. The Hall–Kier alpha value is -0.940. The third-order valence-electron chi connectivity index (χ3n) is 1.86. The van der Waals surface area contributed by atoms with Crippen LogP contribution in [0.2, 0.25) is 0 Å². The van der Waals surface area contributed by atoms with Crippen molar-refractivity contribution in [2.24, 2.45) is 0 Å². The van der Waals surface area contributed by atoms with Gasteiger partial charge in [-0.1, -0.05) is 0 Å². The molecule has 0 unspecified atom stereocenters. The minimum atomic E-state index is 0.0462. The maximum Gasteiger partial charge on any atom is 0.232 e. The smallest absolute Gasteiger partial charge is 0.232 e. The Morgan fingerprint density at radius 3 is 3.07 bits per heavy atom. The number of amides is 1. The molecule has 1 rings (SSSR count). The summed E-state index contributed by atoms with van der Waals surface area (Å²) in [5.41, 5.74) is 0. The van der Waals surface area contributed by atoms with Gasteiger partial charge in [0.25, 0.3) is 0 Å². The Morgan fingerprint density at radius 2 is 2.47 bits per heavy atom. The fourth-order valence-electron chi connectivity index (χ4n) is 1.06. The quantitative estimate of drug-likeness (QED) is 0.738. The lowest BCUT2D eigenvalue weighted by atomic mass is 10.4. The van der Waals surface area contributed by atoms with E-state index in [1.54, 1.807) is 24.3 Å². The summed E-state index contributed by atoms with van der Waals surface area (Å²) in [5.74, 6) is 1.82. The van der Waals surface area contributed by atoms with Crippen molar-refractivity contribution in [2.45, 2.75) is 6.54 Å². The van der Waals surface area contributed by atoms with Crippen LogP contribution in [0.5, 0.6) is 0 Å². The van der Waals surface area contributed by atoms with Gasteiger partial charge in [0.05, 0.1) is 25.2 Å². The molecule has 0 aliphatic heterocycles. The third kappa shape index (κ3) is 4.40. The van der Waals surface area contributed by atoms with E-state index < -0.39 is 0 Å². The normalized spacial score (nSPS) is 10.3. The Bertz CT molecular complexity index is 287. The Labute approximate surface area is 93.3 Å². The molecule has 0 bridgehead atoms. The highest BCUT2D eigenvalue weighted by Gasteiger charge is 2.09. The number of hydrogen-bond donors (Lipinski definition) is 1. The minimum absolute atomic E-state index is 0.0462. The van der Waals surface area contributed by atoms with E-state index in [4.69, 9.17) is 9.52 Å². The number of hydrogen-bond acceptors (Lipinski definition) is 4. The molecule has 1 aromatic heterocycles. The highest BCUT2D eigenvalue weighted by Crippen LogP contribution is 2.06. The van der Waals surface area contributed by atoms with Crippen LogP contribution in [0.4, 0.5) is 0 Å². The van der Waals surface area contributed by atoms with Crippen LogP contribution in [0.15, 0.2) is 22.8 Å². The van der Waals surface area contributed by atoms with Gasteiger partial charge in [-0.2, -0.15) is 0 Å². The van der Waals surface area contributed by atoms with E-state index in [0.717, 1.165) is 5.76 Å². The number of rotatable bonds is 6. The molecule has 0 fully saturated rings. The van der Waals surface area contributed by atoms with E-state index in [1.807, 2.05) is 6.07 Å². The Balaban J connectivity index is 2.27. The van der Waals surface area contributed by atoms with Gasteiger partial charge in [0.2, 0.25) is 5.91 Å². The predicted octanol–water partition coefficient (Wildman–Crippen LogP) is 0.964. The third-order valence-corrected chi connectivity index (χ3v) is 2.78. The highest BCUT2D eigenvalue weighted by molar-refractivity contribution is 7.99. The molecule has 0 radical (unpaired) electrons. The van der Waals surface area contributed by atoms with Crippen LogP contribution in [0.1, 0.15) is 5.76 Å². The fourth-order valence-corrected chi connectivity index (χ4v) is 1.73. The molecule has 15 heavy (non-hydrogen) atoms. The van der Waals surface area contributed by atoms with Crippen molar-refractivity contribution in [1.29, 1.82) is 0 Å². The summed E-state index contributed by atoms with van der Waals surface area (Å²) in [6, 6.07) is 3.64. The molecular formula is C10H15NO3S. The topological polar surface area (TPSA) is 53.7 Å². The van der Waals surface area contributed by atoms with Crippen LogP contribution in [0, 0.1) is 0 Å². The van der Waals surface area contributed by atoms with Gasteiger partial charge < -0.3 is 14.4 Å². The molecule has 1 aromatic rings. The summed E-state index contributed by atoms with van der Waals surface area (Å²) < 4.78 is 5.14. The predicted molar refractivity (Wildman–Crippen MR) is 59.6 cm³/mol. The highest BCUT2D eigenvalue weighted by atomic mass is 32.2. The van der Waals surface area contributed by atoms with Gasteiger partial charge in [-0.25, -0.2) is 0 Å². The molecule has 0 atom stereocenters. The molecular weight excluding hydrogens is 214 g/mol. The lowest BCUT2D eigenvalue weighted by Gasteiger charge is -2.15. The van der Waals surface area contributed by atoms with Gasteiger partial charge in [0, 0.05) is 12.8 Å². The second-order valence-corrected chi connectivity index (χ2v) is 4.21. The Morgan fingerprint density at radius 1 is 1.67 bits per heavy atom. The number of carbonyl (C=O) groups excluding carboxylic acids is 1. The molecule has 4 nitrogen and oxygen atoms in total. The van der Waals surface area contributed by atoms with Crippen LogP contribution >= 0.6 is 11.8 Å². The van der Waals surface area contributed by atoms with E-state index in [9.17, 15) is 4.79 Å². The van der Waals surface area contributed by atoms with Crippen LogP contribution in [0.3, 0.4) is 0 Å². The standard InChI is InChI=1S/C10H15NO3S/c1-11(7-9-3-2-5-14-9)10(13)8-15-6-4-12/h2-3,5,12H,4,6-8H2,1H3. The maximum absolute atomic E-state index is 11.5.